The van der Waals surface area contributed by atoms with Gasteiger partial charge in [0, 0.05) is 10.6 Å². The van der Waals surface area contributed by atoms with E-state index in [-0.39, 0.29) is 13.2 Å². The Morgan fingerprint density at radius 3 is 2.73 bits per heavy atom. The van der Waals surface area contributed by atoms with Gasteiger partial charge in [-0.2, -0.15) is 0 Å². The van der Waals surface area contributed by atoms with E-state index in [0.29, 0.717) is 0 Å². The van der Waals surface area contributed by atoms with Crippen LogP contribution in [0.4, 0.5) is 0 Å². The highest BCUT2D eigenvalue weighted by Gasteiger charge is 1.98. The molecule has 62 valence electrons. The molecule has 0 unspecified atom stereocenters. The van der Waals surface area contributed by atoms with E-state index in [1.54, 1.807) is 23.1 Å². The number of thioether (sulfide) groups is 1. The maximum Gasteiger partial charge on any atom is 0.0774 e. The number of hydrogen-bond donors (Lipinski definition) is 2. The number of hydrogen-bond acceptors (Lipinski definition) is 4. The Bertz CT molecular complexity index is 210. The van der Waals surface area contributed by atoms with Crippen molar-refractivity contribution >= 4 is 23.1 Å². The molecule has 0 amide bonds. The third kappa shape index (κ3) is 2.83. The summed E-state index contributed by atoms with van der Waals surface area (Å²) in [5.41, 5.74) is 0. The van der Waals surface area contributed by atoms with Crippen molar-refractivity contribution in [1.29, 1.82) is 0 Å². The predicted octanol–water partition coefficient (Wildman–Crippen LogP) is 1.32. The maximum absolute atomic E-state index is 8.73. The van der Waals surface area contributed by atoms with Gasteiger partial charge in [-0.3, -0.25) is 0 Å². The van der Waals surface area contributed by atoms with E-state index in [2.05, 4.69) is 0 Å². The molecule has 2 nitrogen and oxygen atoms in total. The van der Waals surface area contributed by atoms with Crippen LogP contribution in [0.1, 0.15) is 4.88 Å². The molecule has 0 aromatic carbocycles. The van der Waals surface area contributed by atoms with Crippen LogP contribution in [0, 0.1) is 0 Å². The molecule has 0 saturated carbocycles. The van der Waals surface area contributed by atoms with E-state index < -0.39 is 0 Å². The average Bonchev–Trinajstić information content (AvgIpc) is 2.48. The zero-order valence-electron chi connectivity index (χ0n) is 5.99. The summed E-state index contributed by atoms with van der Waals surface area (Å²) in [6.45, 7) is 0.321. The van der Waals surface area contributed by atoms with Crippen molar-refractivity contribution in [3.63, 3.8) is 0 Å². The van der Waals surface area contributed by atoms with Crippen LogP contribution in [0.25, 0.3) is 0 Å². The summed E-state index contributed by atoms with van der Waals surface area (Å²) in [6, 6.07) is 3.88. The Morgan fingerprint density at radius 1 is 1.36 bits per heavy atom. The van der Waals surface area contributed by atoms with Crippen molar-refractivity contribution in [2.45, 2.75) is 10.8 Å². The molecule has 0 spiro atoms. The molecule has 0 bridgehead atoms. The van der Waals surface area contributed by atoms with Gasteiger partial charge in [0.15, 0.2) is 0 Å². The van der Waals surface area contributed by atoms with Crippen molar-refractivity contribution in [1.82, 2.24) is 0 Å². The van der Waals surface area contributed by atoms with Gasteiger partial charge in [0.2, 0.25) is 0 Å². The van der Waals surface area contributed by atoms with Gasteiger partial charge in [0.05, 0.1) is 17.4 Å². The minimum absolute atomic E-state index is 0.115. The zero-order valence-corrected chi connectivity index (χ0v) is 7.62. The molecule has 1 heterocycles. The monoisotopic (exact) mass is 190 g/mol. The van der Waals surface area contributed by atoms with Gasteiger partial charge >= 0.3 is 0 Å². The second kappa shape index (κ2) is 4.77. The molecule has 0 aliphatic rings. The fourth-order valence-corrected chi connectivity index (χ4v) is 2.53. The quantitative estimate of drug-likeness (QED) is 0.704. The number of aliphatic hydroxyl groups is 2. The third-order valence-electron chi connectivity index (χ3n) is 1.13. The van der Waals surface area contributed by atoms with Crippen molar-refractivity contribution in [2.24, 2.45) is 0 Å². The van der Waals surface area contributed by atoms with E-state index >= 15 is 0 Å². The summed E-state index contributed by atoms with van der Waals surface area (Å²) in [4.78, 5) is 0.977. The van der Waals surface area contributed by atoms with Crippen LogP contribution < -0.4 is 0 Å². The largest absolute Gasteiger partial charge is 0.396 e. The summed E-state index contributed by atoms with van der Waals surface area (Å²) < 4.78 is 1.16. The smallest absolute Gasteiger partial charge is 0.0774 e. The van der Waals surface area contributed by atoms with Crippen LogP contribution >= 0.6 is 23.1 Å². The first-order valence-corrected chi connectivity index (χ1v) is 5.10. The summed E-state index contributed by atoms with van der Waals surface area (Å²) in [5, 5.41) is 17.3. The number of aliphatic hydroxyl groups excluding tert-OH is 2. The van der Waals surface area contributed by atoms with Crippen LogP contribution in [0.2, 0.25) is 0 Å². The SMILES string of the molecule is OCCSc1ccc(CO)s1. The lowest BCUT2D eigenvalue weighted by atomic mass is 10.5. The lowest BCUT2D eigenvalue weighted by molar-refractivity contribution is 0.285. The predicted molar refractivity (Wildman–Crippen MR) is 48.1 cm³/mol. The Labute approximate surface area is 73.9 Å². The molecular weight excluding hydrogens is 180 g/mol. The van der Waals surface area contributed by atoms with E-state index in [4.69, 9.17) is 10.2 Å². The van der Waals surface area contributed by atoms with Crippen LogP contribution in [0.3, 0.4) is 0 Å². The summed E-state index contributed by atoms with van der Waals surface area (Å²) >= 11 is 3.19. The first-order valence-electron chi connectivity index (χ1n) is 3.30. The van der Waals surface area contributed by atoms with Crippen molar-refractivity contribution in [3.05, 3.63) is 17.0 Å². The van der Waals surface area contributed by atoms with E-state index in [9.17, 15) is 0 Å². The molecule has 11 heavy (non-hydrogen) atoms. The maximum atomic E-state index is 8.73. The van der Waals surface area contributed by atoms with Crippen molar-refractivity contribution in [2.75, 3.05) is 12.4 Å². The Balaban J connectivity index is 2.44. The fourth-order valence-electron chi connectivity index (χ4n) is 0.667. The number of thiophene rings is 1. The second-order valence-electron chi connectivity index (χ2n) is 1.95. The topological polar surface area (TPSA) is 40.5 Å². The molecule has 1 aromatic rings. The fraction of sp³-hybridized carbons (Fsp3) is 0.429. The second-order valence-corrected chi connectivity index (χ2v) is 4.51. The molecule has 2 N–H and O–H groups in total. The molecule has 0 atom stereocenters. The molecule has 1 rings (SSSR count). The van der Waals surface area contributed by atoms with Crippen LogP contribution in [-0.2, 0) is 6.61 Å². The van der Waals surface area contributed by atoms with Gasteiger partial charge in [-0.15, -0.1) is 23.1 Å². The average molecular weight is 190 g/mol. The van der Waals surface area contributed by atoms with Gasteiger partial charge in [-0.1, -0.05) is 0 Å². The van der Waals surface area contributed by atoms with E-state index in [1.807, 2.05) is 12.1 Å². The standard InChI is InChI=1S/C7H10O2S2/c8-3-4-10-7-2-1-6(5-9)11-7/h1-2,8-9H,3-5H2. The highest BCUT2D eigenvalue weighted by molar-refractivity contribution is 8.01. The summed E-state index contributed by atoms with van der Waals surface area (Å²) in [6.07, 6.45) is 0. The summed E-state index contributed by atoms with van der Waals surface area (Å²) in [5.74, 6) is 0.728. The zero-order chi connectivity index (χ0) is 8.10. The molecular formula is C7H10O2S2. The highest BCUT2D eigenvalue weighted by Crippen LogP contribution is 2.26. The molecule has 1 aromatic heterocycles. The molecule has 0 aliphatic heterocycles. The van der Waals surface area contributed by atoms with Gasteiger partial charge in [0.1, 0.15) is 0 Å². The molecule has 0 saturated heterocycles. The van der Waals surface area contributed by atoms with Gasteiger partial charge in [0.25, 0.3) is 0 Å². The first-order chi connectivity index (χ1) is 5.36. The Kier molecular flexibility index (Phi) is 3.93. The molecule has 4 heteroatoms. The normalized spacial score (nSPS) is 10.4. The molecule has 0 aliphatic carbocycles. The van der Waals surface area contributed by atoms with Crippen LogP contribution in [0.15, 0.2) is 16.3 Å². The lowest BCUT2D eigenvalue weighted by Gasteiger charge is -1.91. The molecule has 0 fully saturated rings. The Morgan fingerprint density at radius 2 is 2.18 bits per heavy atom. The van der Waals surface area contributed by atoms with E-state index in [1.165, 1.54) is 0 Å². The lowest BCUT2D eigenvalue weighted by Crippen LogP contribution is -1.82. The molecule has 0 radical (unpaired) electrons. The third-order valence-corrected chi connectivity index (χ3v) is 3.40. The van der Waals surface area contributed by atoms with Gasteiger partial charge in [-0.05, 0) is 12.1 Å². The summed E-state index contributed by atoms with van der Waals surface area (Å²) in [7, 11) is 0. The van der Waals surface area contributed by atoms with Crippen molar-refractivity contribution in [3.8, 4) is 0 Å². The van der Waals surface area contributed by atoms with E-state index in [0.717, 1.165) is 14.8 Å². The Hall–Kier alpha value is -0.0300. The highest BCUT2D eigenvalue weighted by atomic mass is 32.2. The van der Waals surface area contributed by atoms with Crippen LogP contribution in [-0.4, -0.2) is 22.6 Å². The minimum atomic E-state index is 0.115. The number of rotatable bonds is 4. The van der Waals surface area contributed by atoms with Gasteiger partial charge < -0.3 is 10.2 Å². The van der Waals surface area contributed by atoms with Crippen LogP contribution in [0.5, 0.6) is 0 Å². The van der Waals surface area contributed by atoms with Crippen molar-refractivity contribution < 1.29 is 10.2 Å². The van der Waals surface area contributed by atoms with Gasteiger partial charge in [-0.25, -0.2) is 0 Å². The minimum Gasteiger partial charge on any atom is -0.396 e. The first kappa shape index (κ1) is 9.06.